The van der Waals surface area contributed by atoms with Gasteiger partial charge in [-0.2, -0.15) is 0 Å². The number of pyridine rings is 1. The minimum absolute atomic E-state index is 0. The number of aromatic nitrogens is 2. The number of fused-ring (bicyclic) bond motifs is 1. The van der Waals surface area contributed by atoms with Crippen LogP contribution in [0.3, 0.4) is 0 Å². The number of nitro groups is 2. The fraction of sp³-hybridized carbons (Fsp3) is 0.0656. The fourth-order valence-electron chi connectivity index (χ4n) is 7.11. The Bertz CT molecular complexity index is 4030. The van der Waals surface area contributed by atoms with Gasteiger partial charge in [0.2, 0.25) is 0 Å². The molecule has 0 fully saturated rings. The molecule has 1 amide bonds. The van der Waals surface area contributed by atoms with Crippen molar-refractivity contribution in [1.29, 1.82) is 0 Å². The molecule has 2 heterocycles. The molecule has 8 aromatic carbocycles. The van der Waals surface area contributed by atoms with Gasteiger partial charge in [-0.3, -0.25) is 34.2 Å². The van der Waals surface area contributed by atoms with E-state index in [2.05, 4.69) is 57.7 Å². The average Bonchev–Trinajstić information content (AvgIpc) is 1.79. The number of nitrogen functional groups attached to an aromatic ring is 2. The molecule has 10 rings (SSSR count). The number of aliphatic hydroxyl groups is 1. The van der Waals surface area contributed by atoms with Crippen LogP contribution in [0.25, 0.3) is 16.8 Å². The average molecular weight is 1670 g/mol. The Morgan fingerprint density at radius 1 is 0.578 bits per heavy atom. The zero-order valence-electron chi connectivity index (χ0n) is 48.4. The van der Waals surface area contributed by atoms with Crippen LogP contribution in [-0.2, 0) is 36.1 Å². The van der Waals surface area contributed by atoms with Gasteiger partial charge >= 0.3 is 138 Å². The number of hydrogen-bond donors (Lipinski definition) is 4. The molecule has 0 unspecified atom stereocenters. The molecular formula is C61H49Br3Cs2F5N7O12. The van der Waals surface area contributed by atoms with E-state index in [0.717, 1.165) is 33.8 Å². The first kappa shape index (κ1) is 78.5. The Balaban J connectivity index is 0.000000397. The van der Waals surface area contributed by atoms with Gasteiger partial charge in [0.25, 0.3) is 23.8 Å². The Kier molecular flexibility index (Phi) is 35.8. The van der Waals surface area contributed by atoms with E-state index in [1.54, 1.807) is 126 Å². The Hall–Kier alpha value is -5.70. The number of benzene rings is 8. The molecule has 19 nitrogen and oxygen atoms in total. The van der Waals surface area contributed by atoms with Gasteiger partial charge in [0, 0.05) is 73.6 Å². The Morgan fingerprint density at radius 3 is 1.37 bits per heavy atom. The summed E-state index contributed by atoms with van der Waals surface area (Å²) in [6, 6.07) is 47.0. The number of carbonyl (C=O) groups is 2. The van der Waals surface area contributed by atoms with Gasteiger partial charge in [0.1, 0.15) is 77.5 Å². The molecule has 29 heteroatoms. The molecule has 0 bridgehead atoms. The maximum Gasteiger partial charge on any atom is 1.00 e. The van der Waals surface area contributed by atoms with Crippen LogP contribution in [0.5, 0.6) is 17.2 Å². The second-order valence-electron chi connectivity index (χ2n) is 17.4. The van der Waals surface area contributed by atoms with E-state index < -0.39 is 21.6 Å². The van der Waals surface area contributed by atoms with Crippen LogP contribution in [-0.4, -0.2) is 36.7 Å². The zero-order chi connectivity index (χ0) is 64.3. The minimum atomic E-state index is -0.580. The number of ether oxygens (including phenoxy) is 3. The van der Waals surface area contributed by atoms with E-state index in [9.17, 15) is 47.0 Å². The van der Waals surface area contributed by atoms with E-state index >= 15 is 0 Å². The molecule has 0 saturated heterocycles. The van der Waals surface area contributed by atoms with Crippen molar-refractivity contribution >= 4 is 88.6 Å². The van der Waals surface area contributed by atoms with Crippen LogP contribution >= 0.6 is 47.8 Å². The number of carbonyl (C=O) groups excluding carboxylic acids is 2. The number of rotatable bonds is 15. The van der Waals surface area contributed by atoms with Crippen molar-refractivity contribution in [2.75, 3.05) is 11.5 Å². The van der Waals surface area contributed by atoms with Crippen molar-refractivity contribution < 1.29 is 210 Å². The number of nitrogens with two attached hydrogens (primary N) is 3. The van der Waals surface area contributed by atoms with Crippen molar-refractivity contribution in [2.24, 2.45) is 5.73 Å². The second-order valence-corrected chi connectivity index (χ2v) is 20.0. The van der Waals surface area contributed by atoms with Gasteiger partial charge in [-0.05, 0) is 139 Å². The first-order valence-electron chi connectivity index (χ1n) is 25.0. The fourth-order valence-corrected chi connectivity index (χ4v) is 8.46. The third-order valence-corrected chi connectivity index (χ3v) is 13.5. The molecule has 7 N–H and O–H groups in total. The van der Waals surface area contributed by atoms with Crippen LogP contribution in [0.4, 0.5) is 44.7 Å². The van der Waals surface area contributed by atoms with E-state index in [-0.39, 0.29) is 217 Å². The summed E-state index contributed by atoms with van der Waals surface area (Å²) in [7, 11) is 0. The molecule has 10 aromatic rings. The predicted molar refractivity (Wildman–Crippen MR) is 326 cm³/mol. The maximum atomic E-state index is 13.8. The number of imidazole rings is 1. The third kappa shape index (κ3) is 25.4. The summed E-state index contributed by atoms with van der Waals surface area (Å²) in [6.07, 6.45) is 3.17. The van der Waals surface area contributed by atoms with Crippen LogP contribution in [0.1, 0.15) is 34.2 Å². The number of nitrogens with zero attached hydrogens (tertiary/aromatic N) is 4. The molecule has 0 aliphatic heterocycles. The van der Waals surface area contributed by atoms with Crippen LogP contribution in [0, 0.1) is 49.3 Å². The molecule has 0 aliphatic rings. The normalized spacial score (nSPS) is 9.84. The van der Waals surface area contributed by atoms with Gasteiger partial charge in [0.05, 0.1) is 31.6 Å². The summed E-state index contributed by atoms with van der Waals surface area (Å²) < 4.78 is 84.7. The summed E-state index contributed by atoms with van der Waals surface area (Å²) in [5.41, 5.74) is 22.3. The number of primary amides is 1. The molecule has 458 valence electrons. The van der Waals surface area contributed by atoms with E-state index in [1.165, 1.54) is 48.7 Å². The Labute approximate surface area is 655 Å². The number of amides is 1. The van der Waals surface area contributed by atoms with Gasteiger partial charge in [-0.25, -0.2) is 26.9 Å². The van der Waals surface area contributed by atoms with Gasteiger partial charge in [-0.15, -0.1) is 0 Å². The molecule has 0 atom stereocenters. The molecule has 0 saturated carbocycles. The summed E-state index contributed by atoms with van der Waals surface area (Å²) in [5, 5.41) is 37.7. The van der Waals surface area contributed by atoms with Crippen molar-refractivity contribution in [3.8, 4) is 28.4 Å². The van der Waals surface area contributed by atoms with Gasteiger partial charge in [0.15, 0.2) is 0 Å². The number of nitro benzene ring substituents is 2. The van der Waals surface area contributed by atoms with Crippen molar-refractivity contribution in [3.05, 3.63) is 285 Å². The standard InChI is InChI=1S/C21H17FN4O2.C13H9BrFNO3.C13H11BrFNO.C7H7FO.C6H3BrFNO2.CH2O3.2Cs.H/c22-17-4-2-1-3-14(17)12-28-15-6-7-18(23)16(9-15)13-5-8-20-25-10-19(21(24)27)26(20)11-13;14-11-7-10(5-6-13(11)16(17)18)19-8-9-3-1-2-4-12(9)15;14-11-7-10(5-6-13(11)16)17-8-9-3-1-2-4-12(9)15;8-7-4-2-1-3-6(7)5-9;7-5-3-4(8)1-2-6(5)9(10)11;2-1-4-3;;;/h1-11H,12,23H2,(H2,24,27);1-7H,8H2;1-7H,8,16H2;1-4,9H,5H2;1-3H;1,3H;;;/q;;;;;;2*+1;-1/p-1. The van der Waals surface area contributed by atoms with Gasteiger partial charge < -0.3 is 48.1 Å². The molecule has 0 spiro atoms. The molecule has 0 radical (unpaired) electrons. The maximum absolute atomic E-state index is 13.8. The van der Waals surface area contributed by atoms with E-state index in [1.807, 2.05) is 6.07 Å². The minimum Gasteiger partial charge on any atom is -1.00 e. The predicted octanol–water partition coefficient (Wildman–Crippen LogP) is 7.59. The number of aliphatic hydroxyl groups excluding tert-OH is 1. The zero-order valence-corrected chi connectivity index (χ0v) is 64.7. The number of hydrogen-bond acceptors (Lipinski definition) is 15. The van der Waals surface area contributed by atoms with E-state index in [4.69, 9.17) is 46.6 Å². The monoisotopic (exact) mass is 1670 g/mol. The first-order valence-corrected chi connectivity index (χ1v) is 27.4. The van der Waals surface area contributed by atoms with Crippen molar-refractivity contribution in [3.63, 3.8) is 0 Å². The molecule has 90 heavy (non-hydrogen) atoms. The Morgan fingerprint density at radius 2 is 0.978 bits per heavy atom. The number of halogens is 8. The second kappa shape index (κ2) is 41.0. The number of anilines is 2. The molecule has 0 aliphatic carbocycles. The van der Waals surface area contributed by atoms with Crippen LogP contribution in [0.15, 0.2) is 208 Å². The smallest absolute Gasteiger partial charge is 1.00 e. The van der Waals surface area contributed by atoms with E-state index in [0.29, 0.717) is 61.0 Å². The topological polar surface area (TPSA) is 296 Å². The first-order chi connectivity index (χ1) is 42.1. The SMILES string of the molecule is NC(=O)c1cnc2ccc(-c3cc(OCc4ccccc4F)ccc3N)cn12.Nc1ccc(OCc2ccccc2F)cc1Br.O=CO[O-].O=[N+]([O-])c1ccc(F)cc1Br.O=[N+]([O-])c1ccc(OCc2ccccc2F)cc1Br.OCc1ccccc1F.[Cs+].[Cs+].[H-]. The van der Waals surface area contributed by atoms with Crippen molar-refractivity contribution in [1.82, 2.24) is 9.38 Å². The largest absolute Gasteiger partial charge is 1.00 e. The van der Waals surface area contributed by atoms with Gasteiger partial charge in [-0.1, -0.05) is 72.8 Å². The molecular weight excluding hydrogens is 1620 g/mol. The molecule has 2 aromatic heterocycles. The van der Waals surface area contributed by atoms with Crippen LogP contribution < -0.4 is 174 Å². The third-order valence-electron chi connectivity index (χ3n) is 11.5. The summed E-state index contributed by atoms with van der Waals surface area (Å²) in [5.74, 6) is -0.710. The summed E-state index contributed by atoms with van der Waals surface area (Å²) in [6.45, 7) is -0.0466. The van der Waals surface area contributed by atoms with Crippen LogP contribution in [0.2, 0.25) is 0 Å². The summed E-state index contributed by atoms with van der Waals surface area (Å²) in [4.78, 5) is 46.7. The quantitative estimate of drug-likeness (QED) is 0.0192. The summed E-state index contributed by atoms with van der Waals surface area (Å²) >= 11 is 9.27. The van der Waals surface area contributed by atoms with Crippen molar-refractivity contribution in [2.45, 2.75) is 26.4 Å².